The molecule has 0 amide bonds. The minimum atomic E-state index is -0.365. The smallest absolute Gasteiger partial charge is 0.354 e. The lowest BCUT2D eigenvalue weighted by molar-refractivity contribution is 0.0588. The topological polar surface area (TPSA) is 61.9 Å². The van der Waals surface area contributed by atoms with Gasteiger partial charge in [0.05, 0.1) is 12.6 Å². The zero-order valence-electron chi connectivity index (χ0n) is 10.4. The average molecular weight is 256 g/mol. The standard InChI is InChI=1S/C13H12N4O2/c1-19-13(18)12-6-10-4-2-3-5-11(10)17(12)9-16-8-14-7-15-16/h2-8H,9H2,1H3. The molecule has 6 heteroatoms. The number of hydrogen-bond donors (Lipinski definition) is 0. The number of methoxy groups -OCH3 is 1. The molecule has 2 aromatic heterocycles. The van der Waals surface area contributed by atoms with Crippen LogP contribution in [0.1, 0.15) is 10.5 Å². The summed E-state index contributed by atoms with van der Waals surface area (Å²) >= 11 is 0. The zero-order chi connectivity index (χ0) is 13.2. The molecule has 0 aliphatic heterocycles. The molecule has 3 rings (SSSR count). The SMILES string of the molecule is COC(=O)c1cc2ccccc2n1Cn1cncn1. The van der Waals surface area contributed by atoms with Crippen LogP contribution in [0.2, 0.25) is 0 Å². The van der Waals surface area contributed by atoms with Gasteiger partial charge in [-0.3, -0.25) is 0 Å². The third kappa shape index (κ3) is 1.97. The van der Waals surface area contributed by atoms with Crippen LogP contribution in [-0.4, -0.2) is 32.4 Å². The van der Waals surface area contributed by atoms with E-state index in [1.807, 2.05) is 34.9 Å². The van der Waals surface area contributed by atoms with E-state index in [2.05, 4.69) is 10.1 Å². The number of aromatic nitrogens is 4. The Morgan fingerprint density at radius 2 is 2.21 bits per heavy atom. The molecular formula is C13H12N4O2. The number of carbonyl (C=O) groups excluding carboxylic acids is 1. The molecule has 19 heavy (non-hydrogen) atoms. The summed E-state index contributed by atoms with van der Waals surface area (Å²) in [5, 5.41) is 5.05. The maximum absolute atomic E-state index is 11.8. The zero-order valence-corrected chi connectivity index (χ0v) is 10.4. The molecule has 0 fully saturated rings. The fourth-order valence-electron chi connectivity index (χ4n) is 2.09. The van der Waals surface area contributed by atoms with E-state index in [0.717, 1.165) is 10.9 Å². The van der Waals surface area contributed by atoms with Gasteiger partial charge in [-0.2, -0.15) is 5.10 Å². The number of benzene rings is 1. The lowest BCUT2D eigenvalue weighted by Gasteiger charge is -2.09. The summed E-state index contributed by atoms with van der Waals surface area (Å²) in [7, 11) is 1.37. The van der Waals surface area contributed by atoms with Gasteiger partial charge >= 0.3 is 5.97 Å². The van der Waals surface area contributed by atoms with Gasteiger partial charge in [-0.05, 0) is 12.1 Å². The van der Waals surface area contributed by atoms with E-state index in [0.29, 0.717) is 12.4 Å². The van der Waals surface area contributed by atoms with Gasteiger partial charge < -0.3 is 9.30 Å². The first-order valence-electron chi connectivity index (χ1n) is 5.78. The average Bonchev–Trinajstić information content (AvgIpc) is 3.07. The van der Waals surface area contributed by atoms with Crippen LogP contribution in [0.25, 0.3) is 10.9 Å². The number of para-hydroxylation sites is 1. The maximum Gasteiger partial charge on any atom is 0.354 e. The van der Waals surface area contributed by atoms with Gasteiger partial charge in [0.15, 0.2) is 0 Å². The molecule has 0 aliphatic carbocycles. The van der Waals surface area contributed by atoms with Crippen LogP contribution in [0.5, 0.6) is 0 Å². The van der Waals surface area contributed by atoms with Gasteiger partial charge in [0.2, 0.25) is 0 Å². The summed E-state index contributed by atoms with van der Waals surface area (Å²) < 4.78 is 8.33. The Labute approximate surface area is 109 Å². The molecule has 0 saturated carbocycles. The van der Waals surface area contributed by atoms with Crippen molar-refractivity contribution in [3.63, 3.8) is 0 Å². The van der Waals surface area contributed by atoms with Crippen molar-refractivity contribution in [1.29, 1.82) is 0 Å². The number of esters is 1. The number of rotatable bonds is 3. The number of fused-ring (bicyclic) bond motifs is 1. The number of ether oxygens (including phenoxy) is 1. The second kappa shape index (κ2) is 4.56. The van der Waals surface area contributed by atoms with E-state index in [1.54, 1.807) is 11.0 Å². The van der Waals surface area contributed by atoms with Gasteiger partial charge in [0.1, 0.15) is 25.0 Å². The van der Waals surface area contributed by atoms with Crippen molar-refractivity contribution in [2.45, 2.75) is 6.67 Å². The Morgan fingerprint density at radius 3 is 2.95 bits per heavy atom. The van der Waals surface area contributed by atoms with E-state index in [-0.39, 0.29) is 5.97 Å². The van der Waals surface area contributed by atoms with Crippen molar-refractivity contribution in [2.75, 3.05) is 7.11 Å². The van der Waals surface area contributed by atoms with Gasteiger partial charge in [-0.25, -0.2) is 14.5 Å². The summed E-state index contributed by atoms with van der Waals surface area (Å²) in [6.45, 7) is 0.415. The molecule has 1 aromatic carbocycles. The highest BCUT2D eigenvalue weighted by Gasteiger charge is 2.15. The van der Waals surface area contributed by atoms with Crippen LogP contribution in [0, 0.1) is 0 Å². The molecular weight excluding hydrogens is 244 g/mol. The summed E-state index contributed by atoms with van der Waals surface area (Å²) in [4.78, 5) is 15.7. The molecule has 6 nitrogen and oxygen atoms in total. The van der Waals surface area contributed by atoms with Crippen LogP contribution in [0.4, 0.5) is 0 Å². The maximum atomic E-state index is 11.8. The molecule has 0 aliphatic rings. The molecule has 0 unspecified atom stereocenters. The van der Waals surface area contributed by atoms with Gasteiger partial charge in [-0.1, -0.05) is 18.2 Å². The van der Waals surface area contributed by atoms with Gasteiger partial charge in [0.25, 0.3) is 0 Å². The van der Waals surface area contributed by atoms with Crippen molar-refractivity contribution < 1.29 is 9.53 Å². The summed E-state index contributed by atoms with van der Waals surface area (Å²) in [6.07, 6.45) is 3.07. The van der Waals surface area contributed by atoms with E-state index >= 15 is 0 Å². The minimum absolute atomic E-state index is 0.365. The van der Waals surface area contributed by atoms with Crippen LogP contribution in [0.3, 0.4) is 0 Å². The molecule has 2 heterocycles. The van der Waals surface area contributed by atoms with Gasteiger partial charge in [-0.15, -0.1) is 0 Å². The Morgan fingerprint density at radius 1 is 1.37 bits per heavy atom. The predicted octanol–water partition coefficient (Wildman–Crippen LogP) is 1.53. The van der Waals surface area contributed by atoms with Crippen molar-refractivity contribution in [2.24, 2.45) is 0 Å². The molecule has 3 aromatic rings. The van der Waals surface area contributed by atoms with Crippen LogP contribution in [-0.2, 0) is 11.4 Å². The molecule has 0 spiro atoms. The monoisotopic (exact) mass is 256 g/mol. The Kier molecular flexibility index (Phi) is 2.75. The van der Waals surface area contributed by atoms with Crippen LogP contribution < -0.4 is 0 Å². The first-order valence-corrected chi connectivity index (χ1v) is 5.78. The number of nitrogens with zero attached hydrogens (tertiary/aromatic N) is 4. The molecule has 0 bridgehead atoms. The Hall–Kier alpha value is -2.63. The highest BCUT2D eigenvalue weighted by atomic mass is 16.5. The Balaban J connectivity index is 2.15. The van der Waals surface area contributed by atoms with E-state index in [9.17, 15) is 4.79 Å². The first kappa shape index (κ1) is 11.5. The number of hydrogen-bond acceptors (Lipinski definition) is 4. The molecule has 0 radical (unpaired) electrons. The first-order chi connectivity index (χ1) is 9.29. The minimum Gasteiger partial charge on any atom is -0.464 e. The van der Waals surface area contributed by atoms with Crippen molar-refractivity contribution in [1.82, 2.24) is 19.3 Å². The molecule has 0 saturated heterocycles. The highest BCUT2D eigenvalue weighted by Crippen LogP contribution is 2.20. The fourth-order valence-corrected chi connectivity index (χ4v) is 2.09. The van der Waals surface area contributed by atoms with E-state index in [1.165, 1.54) is 13.4 Å². The lowest BCUT2D eigenvalue weighted by atomic mass is 10.2. The summed E-state index contributed by atoms with van der Waals surface area (Å²) in [5.41, 5.74) is 1.46. The quantitative estimate of drug-likeness (QED) is 0.667. The normalized spacial score (nSPS) is 10.8. The van der Waals surface area contributed by atoms with Gasteiger partial charge in [0, 0.05) is 5.39 Å². The largest absolute Gasteiger partial charge is 0.464 e. The molecule has 0 atom stereocenters. The number of carbonyl (C=O) groups is 1. The van der Waals surface area contributed by atoms with E-state index < -0.39 is 0 Å². The lowest BCUT2D eigenvalue weighted by Crippen LogP contribution is -2.15. The Bertz CT molecular complexity index is 715. The van der Waals surface area contributed by atoms with Crippen LogP contribution in [0.15, 0.2) is 43.0 Å². The second-order valence-electron chi connectivity index (χ2n) is 4.08. The fraction of sp³-hybridized carbons (Fsp3) is 0.154. The third-order valence-corrected chi connectivity index (χ3v) is 2.96. The van der Waals surface area contributed by atoms with Crippen molar-refractivity contribution in [3.05, 3.63) is 48.7 Å². The van der Waals surface area contributed by atoms with E-state index in [4.69, 9.17) is 4.74 Å². The predicted molar refractivity (Wildman–Crippen MR) is 68.7 cm³/mol. The van der Waals surface area contributed by atoms with Crippen molar-refractivity contribution in [3.8, 4) is 0 Å². The van der Waals surface area contributed by atoms with Crippen molar-refractivity contribution >= 4 is 16.9 Å². The second-order valence-corrected chi connectivity index (χ2v) is 4.08. The molecule has 96 valence electrons. The third-order valence-electron chi connectivity index (χ3n) is 2.96. The van der Waals surface area contributed by atoms with Crippen LogP contribution >= 0.6 is 0 Å². The summed E-state index contributed by atoms with van der Waals surface area (Å²) in [5.74, 6) is -0.365. The highest BCUT2D eigenvalue weighted by molar-refractivity contribution is 5.95. The molecule has 0 N–H and O–H groups in total. The summed E-state index contributed by atoms with van der Waals surface area (Å²) in [6, 6.07) is 9.60.